The van der Waals surface area contributed by atoms with Crippen LogP contribution in [0.15, 0.2) is 24.3 Å². The number of hydrogen-bond acceptors (Lipinski definition) is 5. The van der Waals surface area contributed by atoms with Gasteiger partial charge in [-0.25, -0.2) is 8.42 Å². The summed E-state index contributed by atoms with van der Waals surface area (Å²) in [5.41, 5.74) is 0.514. The molecular formula is C13H17NO4S. The lowest BCUT2D eigenvalue weighted by Crippen LogP contribution is -2.41. The quantitative estimate of drug-likeness (QED) is 0.757. The number of likely N-dealkylation sites (N-methyl/N-ethyl adjacent to an activating group) is 1. The van der Waals surface area contributed by atoms with Crippen molar-refractivity contribution in [2.24, 2.45) is 0 Å². The van der Waals surface area contributed by atoms with E-state index >= 15 is 0 Å². The molecule has 1 heterocycles. The summed E-state index contributed by atoms with van der Waals surface area (Å²) in [6.45, 7) is 0. The van der Waals surface area contributed by atoms with Crippen LogP contribution >= 0.6 is 0 Å². The Morgan fingerprint density at radius 1 is 1.32 bits per heavy atom. The second-order valence-corrected chi connectivity index (χ2v) is 7.11. The Hall–Kier alpha value is -1.40. The molecule has 0 saturated carbocycles. The fraction of sp³-hybridized carbons (Fsp3) is 0.462. The van der Waals surface area contributed by atoms with Gasteiger partial charge in [0.05, 0.1) is 17.5 Å². The van der Waals surface area contributed by atoms with Crippen molar-refractivity contribution in [1.29, 1.82) is 0 Å². The van der Waals surface area contributed by atoms with Crippen LogP contribution in [0.25, 0.3) is 0 Å². The molecule has 0 aromatic heterocycles. The van der Waals surface area contributed by atoms with E-state index in [1.165, 1.54) is 0 Å². The Balaban J connectivity index is 2.19. The topological polar surface area (TPSA) is 63.7 Å². The maximum Gasteiger partial charge on any atom is 0.155 e. The minimum Gasteiger partial charge on any atom is -0.488 e. The van der Waals surface area contributed by atoms with E-state index in [1.807, 2.05) is 19.0 Å². The van der Waals surface area contributed by atoms with Gasteiger partial charge in [0.2, 0.25) is 0 Å². The van der Waals surface area contributed by atoms with E-state index in [9.17, 15) is 13.2 Å². The molecule has 1 aromatic rings. The highest BCUT2D eigenvalue weighted by atomic mass is 32.2. The fourth-order valence-corrected chi connectivity index (χ4v) is 4.19. The normalized spacial score (nSPS) is 25.4. The van der Waals surface area contributed by atoms with Gasteiger partial charge >= 0.3 is 0 Å². The highest BCUT2D eigenvalue weighted by Gasteiger charge is 2.40. The van der Waals surface area contributed by atoms with Crippen molar-refractivity contribution < 1.29 is 17.9 Å². The standard InChI is InChI=1S/C13H17NO4S/c1-14(2)12-8-19(16,17)9-13(12)18-11-5-3-4-10(6-11)7-15/h3-7,12-13H,8-9H2,1-2H3. The van der Waals surface area contributed by atoms with E-state index in [2.05, 4.69) is 0 Å². The molecule has 6 heteroatoms. The van der Waals surface area contributed by atoms with Crippen LogP contribution in [-0.2, 0) is 9.84 Å². The Kier molecular flexibility index (Phi) is 3.91. The molecule has 1 aliphatic heterocycles. The Morgan fingerprint density at radius 3 is 2.68 bits per heavy atom. The van der Waals surface area contributed by atoms with E-state index in [-0.39, 0.29) is 17.5 Å². The highest BCUT2D eigenvalue weighted by molar-refractivity contribution is 7.91. The van der Waals surface area contributed by atoms with Crippen LogP contribution in [-0.4, -0.2) is 57.4 Å². The van der Waals surface area contributed by atoms with Crippen LogP contribution in [0, 0.1) is 0 Å². The zero-order chi connectivity index (χ0) is 14.0. The van der Waals surface area contributed by atoms with Crippen molar-refractivity contribution in [1.82, 2.24) is 4.90 Å². The van der Waals surface area contributed by atoms with Gasteiger partial charge in [-0.05, 0) is 26.2 Å². The molecule has 1 fully saturated rings. The number of aldehydes is 1. The third-order valence-corrected chi connectivity index (χ3v) is 4.90. The fourth-order valence-electron chi connectivity index (χ4n) is 2.23. The van der Waals surface area contributed by atoms with Crippen LogP contribution in [0.4, 0.5) is 0 Å². The smallest absolute Gasteiger partial charge is 0.155 e. The minimum absolute atomic E-state index is 0.0150. The van der Waals surface area contributed by atoms with Crippen molar-refractivity contribution in [2.45, 2.75) is 12.1 Å². The summed E-state index contributed by atoms with van der Waals surface area (Å²) < 4.78 is 29.2. The number of carbonyl (C=O) groups is 1. The van der Waals surface area contributed by atoms with Gasteiger partial charge in [0.1, 0.15) is 18.1 Å². The molecule has 1 aliphatic rings. The lowest BCUT2D eigenvalue weighted by molar-refractivity contribution is 0.112. The molecule has 2 atom stereocenters. The molecular weight excluding hydrogens is 266 g/mol. The van der Waals surface area contributed by atoms with Crippen LogP contribution in [0.2, 0.25) is 0 Å². The largest absolute Gasteiger partial charge is 0.488 e. The molecule has 0 spiro atoms. The molecule has 0 aliphatic carbocycles. The van der Waals surface area contributed by atoms with Gasteiger partial charge in [0.25, 0.3) is 0 Å². The number of hydrogen-bond donors (Lipinski definition) is 0. The number of carbonyl (C=O) groups excluding carboxylic acids is 1. The van der Waals surface area contributed by atoms with Crippen LogP contribution in [0.5, 0.6) is 5.75 Å². The zero-order valence-corrected chi connectivity index (χ0v) is 11.8. The van der Waals surface area contributed by atoms with Crippen molar-refractivity contribution >= 4 is 16.1 Å². The predicted molar refractivity (Wildman–Crippen MR) is 72.4 cm³/mol. The zero-order valence-electron chi connectivity index (χ0n) is 10.9. The number of benzene rings is 1. The summed E-state index contributed by atoms with van der Waals surface area (Å²) >= 11 is 0. The molecule has 0 bridgehead atoms. The molecule has 19 heavy (non-hydrogen) atoms. The number of nitrogens with zero attached hydrogens (tertiary/aromatic N) is 1. The van der Waals surface area contributed by atoms with Crippen LogP contribution in [0.3, 0.4) is 0 Å². The molecule has 0 N–H and O–H groups in total. The summed E-state index contributed by atoms with van der Waals surface area (Å²) in [6.07, 6.45) is 0.337. The predicted octanol–water partition coefficient (Wildman–Crippen LogP) is 0.605. The van der Waals surface area contributed by atoms with Gasteiger partial charge in [-0.2, -0.15) is 0 Å². The second kappa shape index (κ2) is 5.30. The van der Waals surface area contributed by atoms with Gasteiger partial charge in [0.15, 0.2) is 9.84 Å². The van der Waals surface area contributed by atoms with E-state index in [0.717, 1.165) is 6.29 Å². The molecule has 5 nitrogen and oxygen atoms in total. The number of ether oxygens (including phenoxy) is 1. The first-order valence-electron chi connectivity index (χ1n) is 6.00. The van der Waals surface area contributed by atoms with E-state index in [4.69, 9.17) is 4.74 Å². The minimum atomic E-state index is -3.06. The molecule has 0 radical (unpaired) electrons. The molecule has 2 unspecified atom stereocenters. The van der Waals surface area contributed by atoms with E-state index in [1.54, 1.807) is 24.3 Å². The molecule has 1 saturated heterocycles. The third-order valence-electron chi connectivity index (χ3n) is 3.22. The SMILES string of the molecule is CN(C)C1CS(=O)(=O)CC1Oc1cccc(C=O)c1. The van der Waals surface area contributed by atoms with Crippen molar-refractivity contribution in [3.63, 3.8) is 0 Å². The Bertz CT molecular complexity index is 568. The Labute approximate surface area is 113 Å². The van der Waals surface area contributed by atoms with E-state index < -0.39 is 15.9 Å². The first-order chi connectivity index (χ1) is 8.91. The van der Waals surface area contributed by atoms with Crippen molar-refractivity contribution in [3.05, 3.63) is 29.8 Å². The average Bonchev–Trinajstić information content (AvgIpc) is 2.65. The van der Waals surface area contributed by atoms with Crippen LogP contribution in [0.1, 0.15) is 10.4 Å². The van der Waals surface area contributed by atoms with Crippen molar-refractivity contribution in [2.75, 3.05) is 25.6 Å². The highest BCUT2D eigenvalue weighted by Crippen LogP contribution is 2.23. The van der Waals surface area contributed by atoms with Crippen LogP contribution < -0.4 is 4.74 Å². The van der Waals surface area contributed by atoms with Crippen molar-refractivity contribution in [3.8, 4) is 5.75 Å². The first-order valence-corrected chi connectivity index (χ1v) is 7.82. The van der Waals surface area contributed by atoms with Gasteiger partial charge in [-0.3, -0.25) is 4.79 Å². The molecule has 2 rings (SSSR count). The van der Waals surface area contributed by atoms with E-state index in [0.29, 0.717) is 11.3 Å². The van der Waals surface area contributed by atoms with Gasteiger partial charge in [-0.1, -0.05) is 12.1 Å². The number of sulfone groups is 1. The average molecular weight is 283 g/mol. The lowest BCUT2D eigenvalue weighted by atomic mass is 10.2. The third kappa shape index (κ3) is 3.33. The van der Waals surface area contributed by atoms with Gasteiger partial charge < -0.3 is 9.64 Å². The second-order valence-electron chi connectivity index (χ2n) is 4.95. The molecule has 0 amide bonds. The first kappa shape index (κ1) is 14.0. The Morgan fingerprint density at radius 2 is 2.05 bits per heavy atom. The summed E-state index contributed by atoms with van der Waals surface area (Å²) in [4.78, 5) is 12.6. The maximum atomic E-state index is 11.7. The van der Waals surface area contributed by atoms with Gasteiger partial charge in [-0.15, -0.1) is 0 Å². The molecule has 1 aromatic carbocycles. The van der Waals surface area contributed by atoms with Gasteiger partial charge in [0, 0.05) is 5.56 Å². The monoisotopic (exact) mass is 283 g/mol. The number of rotatable bonds is 4. The molecule has 104 valence electrons. The summed E-state index contributed by atoms with van der Waals surface area (Å²) in [5.74, 6) is 0.651. The maximum absolute atomic E-state index is 11.7. The lowest BCUT2D eigenvalue weighted by Gasteiger charge is -2.25. The summed E-state index contributed by atoms with van der Waals surface area (Å²) in [7, 11) is 0.612. The summed E-state index contributed by atoms with van der Waals surface area (Å²) in [5, 5.41) is 0. The summed E-state index contributed by atoms with van der Waals surface area (Å²) in [6, 6.07) is 6.57.